The number of amides is 1. The van der Waals surface area contributed by atoms with Gasteiger partial charge in [0.15, 0.2) is 5.16 Å². The van der Waals surface area contributed by atoms with E-state index in [0.29, 0.717) is 36.0 Å². The molecule has 6 rings (SSSR count). The van der Waals surface area contributed by atoms with Crippen LogP contribution in [-0.4, -0.2) is 63.8 Å². The van der Waals surface area contributed by atoms with E-state index in [-0.39, 0.29) is 5.91 Å². The number of rotatable bonds is 9. The van der Waals surface area contributed by atoms with E-state index in [1.54, 1.807) is 18.9 Å². The summed E-state index contributed by atoms with van der Waals surface area (Å²) >= 11 is 9.20. The maximum atomic E-state index is 13.3. The quantitative estimate of drug-likeness (QED) is 0.182. The molecule has 0 radical (unpaired) electrons. The summed E-state index contributed by atoms with van der Waals surface area (Å²) in [5.41, 5.74) is 3.60. The molecule has 1 aliphatic rings. The van der Waals surface area contributed by atoms with Crippen LogP contribution in [0.1, 0.15) is 26.9 Å². The number of hydrogen-bond donors (Lipinski definition) is 0. The summed E-state index contributed by atoms with van der Waals surface area (Å²) in [4.78, 5) is 22.1. The number of halogens is 1. The van der Waals surface area contributed by atoms with Crippen molar-refractivity contribution in [1.29, 1.82) is 0 Å². The second-order valence-electron chi connectivity index (χ2n) is 9.74. The maximum Gasteiger partial charge on any atom is 0.273 e. The molecule has 0 aliphatic carbocycles. The van der Waals surface area contributed by atoms with Crippen molar-refractivity contribution < 1.29 is 9.53 Å². The van der Waals surface area contributed by atoms with Gasteiger partial charge in [-0.15, -0.1) is 21.5 Å². The minimum Gasteiger partial charge on any atom is -0.495 e. The van der Waals surface area contributed by atoms with Gasteiger partial charge in [-0.1, -0.05) is 71.9 Å². The van der Waals surface area contributed by atoms with Crippen LogP contribution in [-0.2, 0) is 12.2 Å². The van der Waals surface area contributed by atoms with Crippen LogP contribution in [0, 0.1) is 0 Å². The Morgan fingerprint density at radius 3 is 2.55 bits per heavy atom. The van der Waals surface area contributed by atoms with E-state index in [4.69, 9.17) is 21.3 Å². The number of piperazine rings is 1. The molecular weight excluding hydrogens is 588 g/mol. The lowest BCUT2D eigenvalue weighted by atomic mass is 10.1. The third kappa shape index (κ3) is 6.30. The lowest BCUT2D eigenvalue weighted by molar-refractivity contribution is 0.0741. The number of benzene rings is 3. The first-order valence-corrected chi connectivity index (χ1v) is 15.8. The number of carbonyl (C=O) groups is 1. The molecule has 11 heteroatoms. The highest BCUT2D eigenvalue weighted by Crippen LogP contribution is 2.31. The van der Waals surface area contributed by atoms with Gasteiger partial charge in [0.05, 0.1) is 18.6 Å². The molecule has 42 heavy (non-hydrogen) atoms. The minimum absolute atomic E-state index is 0.0319. The van der Waals surface area contributed by atoms with E-state index in [1.165, 1.54) is 11.3 Å². The van der Waals surface area contributed by atoms with Crippen molar-refractivity contribution in [3.05, 3.63) is 111 Å². The van der Waals surface area contributed by atoms with Gasteiger partial charge in [0.1, 0.15) is 22.3 Å². The highest BCUT2D eigenvalue weighted by Gasteiger charge is 2.25. The van der Waals surface area contributed by atoms with Crippen molar-refractivity contribution in [2.45, 2.75) is 17.3 Å². The number of methoxy groups -OCH3 is 1. The summed E-state index contributed by atoms with van der Waals surface area (Å²) < 4.78 is 7.72. The highest BCUT2D eigenvalue weighted by molar-refractivity contribution is 7.98. The Kier molecular flexibility index (Phi) is 8.73. The fraction of sp³-hybridized carbons (Fsp3) is 0.226. The van der Waals surface area contributed by atoms with Gasteiger partial charge in [-0.25, -0.2) is 4.98 Å². The van der Waals surface area contributed by atoms with Crippen LogP contribution in [0.25, 0.3) is 5.69 Å². The summed E-state index contributed by atoms with van der Waals surface area (Å²) in [6.45, 7) is 2.78. The van der Waals surface area contributed by atoms with Gasteiger partial charge < -0.3 is 14.5 Å². The number of para-hydroxylation sites is 2. The molecular formula is C31H29ClN6O2S2. The first kappa shape index (κ1) is 28.3. The lowest BCUT2D eigenvalue weighted by Crippen LogP contribution is -2.48. The Hall–Kier alpha value is -3.86. The van der Waals surface area contributed by atoms with E-state index in [0.717, 1.165) is 51.8 Å². The molecule has 2 aromatic heterocycles. The number of anilines is 1. The summed E-state index contributed by atoms with van der Waals surface area (Å²) in [5, 5.41) is 13.3. The third-order valence-electron chi connectivity index (χ3n) is 7.07. The average molecular weight is 617 g/mol. The molecule has 3 heterocycles. The van der Waals surface area contributed by atoms with Gasteiger partial charge in [0.25, 0.3) is 5.91 Å². The molecule has 1 aliphatic heterocycles. The van der Waals surface area contributed by atoms with Crippen molar-refractivity contribution in [2.24, 2.45) is 0 Å². The van der Waals surface area contributed by atoms with Gasteiger partial charge in [-0.2, -0.15) is 0 Å². The fourth-order valence-electron chi connectivity index (χ4n) is 4.95. The Morgan fingerprint density at radius 2 is 1.76 bits per heavy atom. The van der Waals surface area contributed by atoms with Crippen LogP contribution < -0.4 is 9.64 Å². The van der Waals surface area contributed by atoms with Gasteiger partial charge >= 0.3 is 0 Å². The zero-order chi connectivity index (χ0) is 28.9. The van der Waals surface area contributed by atoms with E-state index >= 15 is 0 Å². The summed E-state index contributed by atoms with van der Waals surface area (Å²) in [7, 11) is 1.66. The van der Waals surface area contributed by atoms with Crippen LogP contribution in [0.15, 0.2) is 89.4 Å². The van der Waals surface area contributed by atoms with Crippen LogP contribution in [0.2, 0.25) is 5.02 Å². The second-order valence-corrected chi connectivity index (χ2v) is 12.1. The number of thioether (sulfide) groups is 1. The molecule has 1 fully saturated rings. The van der Waals surface area contributed by atoms with Gasteiger partial charge in [-0.05, 0) is 35.9 Å². The largest absolute Gasteiger partial charge is 0.495 e. The molecule has 0 spiro atoms. The second kappa shape index (κ2) is 13.0. The molecule has 0 atom stereocenters. The Labute approximate surface area is 257 Å². The van der Waals surface area contributed by atoms with Crippen molar-refractivity contribution in [1.82, 2.24) is 24.6 Å². The Balaban J connectivity index is 1.14. The highest BCUT2D eigenvalue weighted by atomic mass is 35.5. The number of thiazole rings is 1. The normalized spacial score (nSPS) is 13.4. The van der Waals surface area contributed by atoms with Crippen LogP contribution >= 0.6 is 34.7 Å². The molecule has 0 saturated carbocycles. The topological polar surface area (TPSA) is 76.4 Å². The molecule has 0 N–H and O–H groups in total. The number of ether oxygens (including phenoxy) is 1. The lowest BCUT2D eigenvalue weighted by Gasteiger charge is -2.35. The molecule has 214 valence electrons. The SMILES string of the molecule is COc1ccccc1-n1c(Cc2ccccc2)nnc1SCc1nc(C(=O)N2CCN(c3cccc(Cl)c3)CC2)cs1. The number of carbonyl (C=O) groups excluding carboxylic acids is 1. The van der Waals surface area contributed by atoms with E-state index in [9.17, 15) is 4.79 Å². The monoisotopic (exact) mass is 616 g/mol. The van der Waals surface area contributed by atoms with Crippen molar-refractivity contribution in [3.63, 3.8) is 0 Å². The molecule has 3 aromatic carbocycles. The average Bonchev–Trinajstić information content (AvgIpc) is 3.67. The van der Waals surface area contributed by atoms with Gasteiger partial charge in [0.2, 0.25) is 0 Å². The van der Waals surface area contributed by atoms with Crippen molar-refractivity contribution in [3.8, 4) is 11.4 Å². The van der Waals surface area contributed by atoms with Crippen LogP contribution in [0.3, 0.4) is 0 Å². The summed E-state index contributed by atoms with van der Waals surface area (Å²) in [5.74, 6) is 2.10. The van der Waals surface area contributed by atoms with Crippen molar-refractivity contribution >= 4 is 46.3 Å². The fourth-order valence-corrected chi connectivity index (χ4v) is 6.88. The predicted octanol–water partition coefficient (Wildman–Crippen LogP) is 6.23. The third-order valence-corrected chi connectivity index (χ3v) is 9.27. The first-order valence-electron chi connectivity index (χ1n) is 13.6. The Bertz CT molecular complexity index is 1670. The molecule has 0 bridgehead atoms. The molecule has 8 nitrogen and oxygen atoms in total. The van der Waals surface area contributed by atoms with Gasteiger partial charge in [-0.3, -0.25) is 9.36 Å². The van der Waals surface area contributed by atoms with E-state index in [1.807, 2.05) is 77.0 Å². The van der Waals surface area contributed by atoms with E-state index < -0.39 is 0 Å². The number of hydrogen-bond acceptors (Lipinski definition) is 8. The molecule has 1 amide bonds. The number of aromatic nitrogens is 4. The standard InChI is InChI=1S/C31H29ClN6O2S2/c1-40-27-13-6-5-12-26(27)38-28(18-22-8-3-2-4-9-22)34-35-31(38)42-21-29-33-25(20-41-29)30(39)37-16-14-36(15-17-37)24-11-7-10-23(32)19-24/h2-13,19-20H,14-18,21H2,1H3. The predicted molar refractivity (Wildman–Crippen MR) is 168 cm³/mol. The number of nitrogens with zero attached hydrogens (tertiary/aromatic N) is 6. The van der Waals surface area contributed by atoms with Gasteiger partial charge in [0, 0.05) is 48.7 Å². The first-order chi connectivity index (χ1) is 20.6. The zero-order valence-corrected chi connectivity index (χ0v) is 25.4. The summed E-state index contributed by atoms with van der Waals surface area (Å²) in [6, 6.07) is 25.9. The van der Waals surface area contributed by atoms with Crippen molar-refractivity contribution in [2.75, 3.05) is 38.2 Å². The van der Waals surface area contributed by atoms with Crippen LogP contribution in [0.5, 0.6) is 5.75 Å². The molecule has 1 saturated heterocycles. The smallest absolute Gasteiger partial charge is 0.273 e. The zero-order valence-electron chi connectivity index (χ0n) is 23.0. The molecule has 5 aromatic rings. The Morgan fingerprint density at radius 1 is 0.976 bits per heavy atom. The maximum absolute atomic E-state index is 13.3. The van der Waals surface area contributed by atoms with Crippen LogP contribution in [0.4, 0.5) is 5.69 Å². The van der Waals surface area contributed by atoms with E-state index in [2.05, 4.69) is 31.8 Å². The summed E-state index contributed by atoms with van der Waals surface area (Å²) in [6.07, 6.45) is 0.632. The molecule has 0 unspecified atom stereocenters. The minimum atomic E-state index is -0.0319.